The first-order valence-electron chi connectivity index (χ1n) is 5.59. The van der Waals surface area contributed by atoms with Gasteiger partial charge in [-0.3, -0.25) is 19.7 Å². The summed E-state index contributed by atoms with van der Waals surface area (Å²) < 4.78 is 0. The Kier molecular flexibility index (Phi) is 4.24. The minimum atomic E-state index is -0.629. The maximum Gasteiger partial charge on any atom is 0.279 e. The standard InChI is InChI=1S/C11H10Cl2N2O4/c12-9-6-7(15(17)18)5-8(10(9)13)11(16)14-3-1-2-4-19-14/h5-6H,1-4H2. The second kappa shape index (κ2) is 5.73. The number of non-ortho nitro benzene ring substituents is 1. The lowest BCUT2D eigenvalue weighted by atomic mass is 10.1. The van der Waals surface area contributed by atoms with E-state index in [2.05, 4.69) is 0 Å². The van der Waals surface area contributed by atoms with Crippen LogP contribution in [0.2, 0.25) is 10.0 Å². The molecule has 1 aromatic carbocycles. The molecule has 8 heteroatoms. The Labute approximate surface area is 118 Å². The summed E-state index contributed by atoms with van der Waals surface area (Å²) in [5.74, 6) is -0.518. The molecule has 1 aliphatic heterocycles. The second-order valence-electron chi connectivity index (χ2n) is 3.99. The summed E-state index contributed by atoms with van der Waals surface area (Å²) in [6.07, 6.45) is 1.68. The fourth-order valence-corrected chi connectivity index (χ4v) is 2.13. The molecule has 0 spiro atoms. The molecular formula is C11H10Cl2N2O4. The molecule has 0 saturated carbocycles. The highest BCUT2D eigenvalue weighted by Gasteiger charge is 2.25. The van der Waals surface area contributed by atoms with Gasteiger partial charge in [0, 0.05) is 18.7 Å². The molecule has 1 amide bonds. The zero-order chi connectivity index (χ0) is 14.0. The van der Waals surface area contributed by atoms with Crippen LogP contribution >= 0.6 is 23.2 Å². The number of hydrogen-bond donors (Lipinski definition) is 0. The van der Waals surface area contributed by atoms with Crippen molar-refractivity contribution in [2.24, 2.45) is 0 Å². The third-order valence-corrected chi connectivity index (χ3v) is 3.49. The maximum absolute atomic E-state index is 12.2. The molecule has 0 atom stereocenters. The van der Waals surface area contributed by atoms with Crippen molar-refractivity contribution in [1.82, 2.24) is 5.06 Å². The fraction of sp³-hybridized carbons (Fsp3) is 0.364. The van der Waals surface area contributed by atoms with E-state index in [4.69, 9.17) is 28.0 Å². The maximum atomic E-state index is 12.2. The van der Waals surface area contributed by atoms with Crippen molar-refractivity contribution in [2.45, 2.75) is 12.8 Å². The predicted octanol–water partition coefficient (Wildman–Crippen LogP) is 3.07. The van der Waals surface area contributed by atoms with Crippen molar-refractivity contribution in [2.75, 3.05) is 13.2 Å². The van der Waals surface area contributed by atoms with Gasteiger partial charge in [-0.25, -0.2) is 5.06 Å². The number of nitro groups is 1. The van der Waals surface area contributed by atoms with Crippen molar-refractivity contribution in [3.8, 4) is 0 Å². The van der Waals surface area contributed by atoms with Crippen LogP contribution in [0.1, 0.15) is 23.2 Å². The van der Waals surface area contributed by atoms with Gasteiger partial charge in [-0.1, -0.05) is 23.2 Å². The molecule has 102 valence electrons. The number of hydrogen-bond acceptors (Lipinski definition) is 4. The van der Waals surface area contributed by atoms with E-state index >= 15 is 0 Å². The number of amides is 1. The van der Waals surface area contributed by atoms with Crippen LogP contribution in [0, 0.1) is 10.1 Å². The van der Waals surface area contributed by atoms with Crippen LogP contribution in [0.15, 0.2) is 12.1 Å². The number of carbonyl (C=O) groups is 1. The van der Waals surface area contributed by atoms with E-state index < -0.39 is 10.8 Å². The predicted molar refractivity (Wildman–Crippen MR) is 69.3 cm³/mol. The number of halogens is 2. The van der Waals surface area contributed by atoms with Gasteiger partial charge in [-0.05, 0) is 12.8 Å². The minimum absolute atomic E-state index is 0.00793. The normalized spacial score (nSPS) is 15.4. The van der Waals surface area contributed by atoms with E-state index in [1.165, 1.54) is 0 Å². The molecule has 0 radical (unpaired) electrons. The molecule has 0 N–H and O–H groups in total. The summed E-state index contributed by atoms with van der Waals surface area (Å²) in [4.78, 5) is 27.5. The molecule has 1 heterocycles. The van der Waals surface area contributed by atoms with Gasteiger partial charge in [-0.15, -0.1) is 0 Å². The molecule has 0 aliphatic carbocycles. The van der Waals surface area contributed by atoms with Crippen molar-refractivity contribution in [1.29, 1.82) is 0 Å². The molecule has 2 rings (SSSR count). The van der Waals surface area contributed by atoms with E-state index in [9.17, 15) is 14.9 Å². The van der Waals surface area contributed by atoms with Gasteiger partial charge >= 0.3 is 0 Å². The van der Waals surface area contributed by atoms with Gasteiger partial charge in [0.2, 0.25) is 0 Å². The van der Waals surface area contributed by atoms with Crippen molar-refractivity contribution < 1.29 is 14.6 Å². The van der Waals surface area contributed by atoms with Crippen LogP contribution < -0.4 is 0 Å². The number of benzene rings is 1. The zero-order valence-electron chi connectivity index (χ0n) is 9.77. The van der Waals surface area contributed by atoms with Gasteiger partial charge in [0.15, 0.2) is 0 Å². The molecule has 6 nitrogen and oxygen atoms in total. The average molecular weight is 305 g/mol. The summed E-state index contributed by atoms with van der Waals surface area (Å²) in [6, 6.07) is 2.21. The minimum Gasteiger partial charge on any atom is -0.271 e. The fourth-order valence-electron chi connectivity index (χ4n) is 1.73. The lowest BCUT2D eigenvalue weighted by molar-refractivity contribution is -0.384. The molecule has 1 aromatic rings. The summed E-state index contributed by atoms with van der Waals surface area (Å²) in [5.41, 5.74) is -0.308. The van der Waals surface area contributed by atoms with Crippen molar-refractivity contribution >= 4 is 34.8 Å². The number of nitro benzene ring substituents is 1. The van der Waals surface area contributed by atoms with Gasteiger partial charge in [0.25, 0.3) is 11.6 Å². The van der Waals surface area contributed by atoms with Crippen LogP contribution in [-0.2, 0) is 4.84 Å². The summed E-state index contributed by atoms with van der Waals surface area (Å²) in [7, 11) is 0. The molecule has 0 unspecified atom stereocenters. The average Bonchev–Trinajstić information content (AvgIpc) is 2.41. The van der Waals surface area contributed by atoms with Crippen LogP contribution in [0.5, 0.6) is 0 Å². The van der Waals surface area contributed by atoms with E-state index in [0.717, 1.165) is 30.0 Å². The van der Waals surface area contributed by atoms with E-state index in [-0.39, 0.29) is 21.3 Å². The van der Waals surface area contributed by atoms with Gasteiger partial charge in [0.05, 0.1) is 27.1 Å². The van der Waals surface area contributed by atoms with Crippen LogP contribution in [0.3, 0.4) is 0 Å². The monoisotopic (exact) mass is 304 g/mol. The highest BCUT2D eigenvalue weighted by molar-refractivity contribution is 6.44. The third-order valence-electron chi connectivity index (χ3n) is 2.68. The first-order chi connectivity index (χ1) is 9.00. The molecule has 1 fully saturated rings. The van der Waals surface area contributed by atoms with E-state index in [0.29, 0.717) is 13.2 Å². The van der Waals surface area contributed by atoms with E-state index in [1.807, 2.05) is 0 Å². The molecule has 1 aliphatic rings. The Hall–Kier alpha value is -1.37. The quantitative estimate of drug-likeness (QED) is 0.622. The highest BCUT2D eigenvalue weighted by Crippen LogP contribution is 2.32. The summed E-state index contributed by atoms with van der Waals surface area (Å²) >= 11 is 11.7. The molecule has 0 aromatic heterocycles. The van der Waals surface area contributed by atoms with Crippen molar-refractivity contribution in [3.63, 3.8) is 0 Å². The number of rotatable bonds is 2. The molecule has 19 heavy (non-hydrogen) atoms. The lowest BCUT2D eigenvalue weighted by Gasteiger charge is -2.26. The highest BCUT2D eigenvalue weighted by atomic mass is 35.5. The lowest BCUT2D eigenvalue weighted by Crippen LogP contribution is -2.35. The van der Waals surface area contributed by atoms with Crippen LogP contribution in [0.4, 0.5) is 5.69 Å². The zero-order valence-corrected chi connectivity index (χ0v) is 11.3. The Bertz CT molecular complexity index is 530. The first-order valence-corrected chi connectivity index (χ1v) is 6.34. The molecular weight excluding hydrogens is 295 g/mol. The number of carbonyl (C=O) groups excluding carboxylic acids is 1. The Morgan fingerprint density at radius 1 is 1.37 bits per heavy atom. The van der Waals surface area contributed by atoms with Crippen LogP contribution in [0.25, 0.3) is 0 Å². The van der Waals surface area contributed by atoms with Crippen molar-refractivity contribution in [3.05, 3.63) is 37.9 Å². The number of nitrogens with zero attached hydrogens (tertiary/aromatic N) is 2. The first kappa shape index (κ1) is 14.0. The van der Waals surface area contributed by atoms with Gasteiger partial charge < -0.3 is 0 Å². The molecule has 0 bridgehead atoms. The smallest absolute Gasteiger partial charge is 0.271 e. The van der Waals surface area contributed by atoms with Crippen LogP contribution in [-0.4, -0.2) is 29.0 Å². The molecule has 1 saturated heterocycles. The largest absolute Gasteiger partial charge is 0.279 e. The van der Waals surface area contributed by atoms with Gasteiger partial charge in [0.1, 0.15) is 0 Å². The Morgan fingerprint density at radius 3 is 2.68 bits per heavy atom. The third kappa shape index (κ3) is 2.97. The van der Waals surface area contributed by atoms with E-state index in [1.54, 1.807) is 0 Å². The Morgan fingerprint density at radius 2 is 2.11 bits per heavy atom. The number of hydroxylamine groups is 2. The topological polar surface area (TPSA) is 72.7 Å². The summed E-state index contributed by atoms with van der Waals surface area (Å²) in [6.45, 7) is 0.863. The Balaban J connectivity index is 2.37. The van der Waals surface area contributed by atoms with Gasteiger partial charge in [-0.2, -0.15) is 0 Å². The SMILES string of the molecule is O=C(c1cc([N+](=O)[O-])cc(Cl)c1Cl)N1CCCCO1. The second-order valence-corrected chi connectivity index (χ2v) is 4.78. The summed E-state index contributed by atoms with van der Waals surface area (Å²) in [5, 5.41) is 11.9.